The first-order chi connectivity index (χ1) is 4.57. The summed E-state index contributed by atoms with van der Waals surface area (Å²) in [7, 11) is 0. The second kappa shape index (κ2) is 2.32. The summed E-state index contributed by atoms with van der Waals surface area (Å²) >= 11 is -1.97. The Hall–Kier alpha value is -0.420. The van der Waals surface area contributed by atoms with Crippen molar-refractivity contribution in [3.63, 3.8) is 0 Å². The summed E-state index contributed by atoms with van der Waals surface area (Å²) in [6.45, 7) is 0. The summed E-state index contributed by atoms with van der Waals surface area (Å²) < 4.78 is 18.6. The summed E-state index contributed by atoms with van der Waals surface area (Å²) in [4.78, 5) is 10.4. The van der Waals surface area contributed by atoms with Gasteiger partial charge in [-0.25, -0.2) is 4.21 Å². The molecule has 0 bridgehead atoms. The SMILES string of the molecule is O=C(O)C1(CS(=O)O)CC1. The molecule has 0 amide bonds. The van der Waals surface area contributed by atoms with Crippen LogP contribution in [0.4, 0.5) is 0 Å². The van der Waals surface area contributed by atoms with Crippen molar-refractivity contribution < 1.29 is 18.7 Å². The Morgan fingerprint density at radius 2 is 2.10 bits per heavy atom. The van der Waals surface area contributed by atoms with Gasteiger partial charge in [-0.15, -0.1) is 0 Å². The summed E-state index contributed by atoms with van der Waals surface area (Å²) in [5.74, 6) is -1.07. The number of carboxylic acid groups (broad SMARTS) is 1. The maximum Gasteiger partial charge on any atom is 0.310 e. The van der Waals surface area contributed by atoms with Crippen molar-refractivity contribution in [2.24, 2.45) is 5.41 Å². The van der Waals surface area contributed by atoms with Gasteiger partial charge >= 0.3 is 5.97 Å². The van der Waals surface area contributed by atoms with Crippen molar-refractivity contribution in [2.75, 3.05) is 5.75 Å². The zero-order valence-corrected chi connectivity index (χ0v) is 6.06. The van der Waals surface area contributed by atoms with Gasteiger partial charge in [0.05, 0.1) is 11.2 Å². The molecule has 1 aliphatic carbocycles. The molecule has 0 heterocycles. The number of aliphatic carboxylic acids is 1. The van der Waals surface area contributed by atoms with Gasteiger partial charge in [0.1, 0.15) is 0 Å². The van der Waals surface area contributed by atoms with Crippen LogP contribution in [0.3, 0.4) is 0 Å². The van der Waals surface area contributed by atoms with Gasteiger partial charge in [0.25, 0.3) is 0 Å². The molecule has 4 nitrogen and oxygen atoms in total. The lowest BCUT2D eigenvalue weighted by Gasteiger charge is -2.03. The molecule has 1 saturated carbocycles. The van der Waals surface area contributed by atoms with Crippen LogP contribution < -0.4 is 0 Å². The number of hydrogen-bond donors (Lipinski definition) is 2. The third-order valence-electron chi connectivity index (χ3n) is 1.71. The van der Waals surface area contributed by atoms with Crippen LogP contribution in [0, 0.1) is 5.41 Å². The molecule has 1 fully saturated rings. The number of hydrogen-bond acceptors (Lipinski definition) is 2. The lowest BCUT2D eigenvalue weighted by Crippen LogP contribution is -2.21. The Morgan fingerprint density at radius 3 is 2.20 bits per heavy atom. The van der Waals surface area contributed by atoms with Gasteiger partial charge < -0.3 is 9.66 Å². The van der Waals surface area contributed by atoms with E-state index in [1.165, 1.54) is 0 Å². The van der Waals surface area contributed by atoms with Crippen LogP contribution in [0.5, 0.6) is 0 Å². The second-order valence-electron chi connectivity index (χ2n) is 2.55. The van der Waals surface area contributed by atoms with Crippen LogP contribution in [0.15, 0.2) is 0 Å². The predicted octanol–water partition coefficient (Wildman–Crippen LogP) is 0.0729. The van der Waals surface area contributed by atoms with Gasteiger partial charge in [-0.3, -0.25) is 4.79 Å². The molecule has 0 aliphatic heterocycles. The van der Waals surface area contributed by atoms with Crippen molar-refractivity contribution in [3.8, 4) is 0 Å². The number of carboxylic acids is 1. The summed E-state index contributed by atoms with van der Waals surface area (Å²) in [5, 5.41) is 8.51. The van der Waals surface area contributed by atoms with E-state index in [-0.39, 0.29) is 5.75 Å². The van der Waals surface area contributed by atoms with Gasteiger partial charge in [0.15, 0.2) is 11.1 Å². The van der Waals surface area contributed by atoms with Crippen LogP contribution in [0.2, 0.25) is 0 Å². The van der Waals surface area contributed by atoms with Crippen molar-refractivity contribution in [2.45, 2.75) is 12.8 Å². The van der Waals surface area contributed by atoms with Gasteiger partial charge in [0.2, 0.25) is 0 Å². The largest absolute Gasteiger partial charge is 0.481 e. The third kappa shape index (κ3) is 1.35. The molecule has 0 saturated heterocycles. The third-order valence-corrected chi connectivity index (χ3v) is 2.51. The number of rotatable bonds is 3. The molecule has 1 aliphatic rings. The Kier molecular flexibility index (Phi) is 1.78. The van der Waals surface area contributed by atoms with E-state index in [2.05, 4.69) is 0 Å². The van der Waals surface area contributed by atoms with E-state index in [4.69, 9.17) is 9.66 Å². The lowest BCUT2D eigenvalue weighted by atomic mass is 10.1. The van der Waals surface area contributed by atoms with E-state index in [1.807, 2.05) is 0 Å². The van der Waals surface area contributed by atoms with E-state index in [0.717, 1.165) is 0 Å². The van der Waals surface area contributed by atoms with Crippen LogP contribution in [-0.2, 0) is 15.9 Å². The zero-order valence-electron chi connectivity index (χ0n) is 5.24. The van der Waals surface area contributed by atoms with Crippen LogP contribution >= 0.6 is 0 Å². The smallest absolute Gasteiger partial charge is 0.310 e. The summed E-state index contributed by atoms with van der Waals surface area (Å²) in [5.41, 5.74) is -0.861. The first-order valence-corrected chi connectivity index (χ1v) is 4.15. The molecule has 0 aromatic heterocycles. The van der Waals surface area contributed by atoms with Gasteiger partial charge in [-0.2, -0.15) is 0 Å². The highest BCUT2D eigenvalue weighted by Gasteiger charge is 2.51. The van der Waals surface area contributed by atoms with Crippen molar-refractivity contribution in [3.05, 3.63) is 0 Å². The highest BCUT2D eigenvalue weighted by molar-refractivity contribution is 7.79. The average molecular weight is 164 g/mol. The zero-order chi connectivity index (χ0) is 7.78. The molecule has 0 spiro atoms. The quantitative estimate of drug-likeness (QED) is 0.579. The molecule has 5 heteroatoms. The fourth-order valence-electron chi connectivity index (χ4n) is 0.807. The maximum absolute atomic E-state index is 10.4. The molecule has 2 N–H and O–H groups in total. The van der Waals surface area contributed by atoms with Crippen molar-refractivity contribution in [1.82, 2.24) is 0 Å². The van der Waals surface area contributed by atoms with E-state index in [0.29, 0.717) is 12.8 Å². The molecule has 0 aromatic rings. The van der Waals surface area contributed by atoms with E-state index < -0.39 is 22.5 Å². The molecular weight excluding hydrogens is 156 g/mol. The van der Waals surface area contributed by atoms with E-state index in [9.17, 15) is 9.00 Å². The first-order valence-electron chi connectivity index (χ1n) is 2.88. The monoisotopic (exact) mass is 164 g/mol. The topological polar surface area (TPSA) is 74.6 Å². The fraction of sp³-hybridized carbons (Fsp3) is 0.800. The Morgan fingerprint density at radius 1 is 1.60 bits per heavy atom. The molecule has 10 heavy (non-hydrogen) atoms. The highest BCUT2D eigenvalue weighted by Crippen LogP contribution is 2.46. The fourth-order valence-corrected chi connectivity index (χ4v) is 1.69. The molecule has 58 valence electrons. The van der Waals surface area contributed by atoms with Crippen molar-refractivity contribution >= 4 is 17.0 Å². The highest BCUT2D eigenvalue weighted by atomic mass is 32.2. The van der Waals surface area contributed by atoms with Crippen LogP contribution in [-0.4, -0.2) is 25.6 Å². The average Bonchev–Trinajstić information content (AvgIpc) is 2.46. The first kappa shape index (κ1) is 7.68. The lowest BCUT2D eigenvalue weighted by molar-refractivity contribution is -0.142. The minimum absolute atomic E-state index is 0.123. The maximum atomic E-state index is 10.4. The van der Waals surface area contributed by atoms with Gasteiger partial charge in [0, 0.05) is 0 Å². The Balaban J connectivity index is 2.53. The van der Waals surface area contributed by atoms with Crippen LogP contribution in [0.25, 0.3) is 0 Å². The van der Waals surface area contributed by atoms with Crippen LogP contribution in [0.1, 0.15) is 12.8 Å². The minimum atomic E-state index is -1.97. The van der Waals surface area contributed by atoms with Crippen molar-refractivity contribution in [1.29, 1.82) is 0 Å². The second-order valence-corrected chi connectivity index (χ2v) is 3.48. The Labute approximate surface area is 60.5 Å². The minimum Gasteiger partial charge on any atom is -0.481 e. The molecule has 1 atom stereocenters. The molecule has 0 aromatic carbocycles. The van der Waals surface area contributed by atoms with Gasteiger partial charge in [-0.05, 0) is 12.8 Å². The number of carbonyl (C=O) groups is 1. The molecule has 1 rings (SSSR count). The molecule has 1 unspecified atom stereocenters. The standard InChI is InChI=1S/C5H8O4S/c6-4(7)5(1-2-5)3-10(8)9/h1-3H2,(H,6,7)(H,8,9). The predicted molar refractivity (Wildman–Crippen MR) is 34.9 cm³/mol. The summed E-state index contributed by atoms with van der Waals surface area (Å²) in [6.07, 6.45) is 1.07. The van der Waals surface area contributed by atoms with E-state index in [1.54, 1.807) is 0 Å². The van der Waals surface area contributed by atoms with Gasteiger partial charge in [-0.1, -0.05) is 0 Å². The molecule has 0 radical (unpaired) electrons. The molecular formula is C5H8O4S. The summed E-state index contributed by atoms with van der Waals surface area (Å²) in [6, 6.07) is 0. The normalized spacial score (nSPS) is 23.7. The Bertz CT molecular complexity index is 184. The van der Waals surface area contributed by atoms with E-state index >= 15 is 0 Å².